The van der Waals surface area contributed by atoms with Gasteiger partial charge in [-0.05, 0) is 39.0 Å². The van der Waals surface area contributed by atoms with E-state index < -0.39 is 0 Å². The van der Waals surface area contributed by atoms with Gasteiger partial charge in [-0.3, -0.25) is 0 Å². The molecule has 1 heterocycles. The van der Waals surface area contributed by atoms with Crippen LogP contribution in [-0.4, -0.2) is 11.8 Å². The summed E-state index contributed by atoms with van der Waals surface area (Å²) in [4.78, 5) is 0. The fourth-order valence-electron chi connectivity index (χ4n) is 1.83. The van der Waals surface area contributed by atoms with E-state index in [1.807, 2.05) is 39.0 Å². The van der Waals surface area contributed by atoms with Crippen molar-refractivity contribution in [2.45, 2.75) is 27.3 Å². The SMILES string of the molecule is CCOc1ccc(NCc2c(C)noc2C)cc1Cl. The number of hydrogen-bond acceptors (Lipinski definition) is 4. The molecule has 1 aromatic heterocycles. The number of hydrogen-bond donors (Lipinski definition) is 1. The molecule has 1 aromatic carbocycles. The van der Waals surface area contributed by atoms with Crippen LogP contribution in [0.1, 0.15) is 23.9 Å². The topological polar surface area (TPSA) is 47.3 Å². The lowest BCUT2D eigenvalue weighted by molar-refractivity contribution is 0.340. The van der Waals surface area contributed by atoms with Crippen LogP contribution in [0.4, 0.5) is 5.69 Å². The molecule has 4 nitrogen and oxygen atoms in total. The first kappa shape index (κ1) is 13.7. The van der Waals surface area contributed by atoms with Gasteiger partial charge in [0.1, 0.15) is 11.5 Å². The van der Waals surface area contributed by atoms with E-state index in [1.54, 1.807) is 0 Å². The minimum Gasteiger partial charge on any atom is -0.492 e. The third-order valence-electron chi connectivity index (χ3n) is 2.88. The van der Waals surface area contributed by atoms with Crippen LogP contribution in [-0.2, 0) is 6.54 Å². The highest BCUT2D eigenvalue weighted by atomic mass is 35.5. The molecule has 0 amide bonds. The largest absolute Gasteiger partial charge is 0.492 e. The average Bonchev–Trinajstić information content (AvgIpc) is 2.70. The summed E-state index contributed by atoms with van der Waals surface area (Å²) in [6.07, 6.45) is 0. The first-order chi connectivity index (χ1) is 9.11. The number of ether oxygens (including phenoxy) is 1. The number of benzene rings is 1. The Hall–Kier alpha value is -1.68. The lowest BCUT2D eigenvalue weighted by Gasteiger charge is -2.09. The second-order valence-electron chi connectivity index (χ2n) is 4.23. The molecular weight excluding hydrogens is 264 g/mol. The van der Waals surface area contributed by atoms with Gasteiger partial charge in [-0.25, -0.2) is 0 Å². The zero-order valence-electron chi connectivity index (χ0n) is 11.3. The van der Waals surface area contributed by atoms with Gasteiger partial charge >= 0.3 is 0 Å². The lowest BCUT2D eigenvalue weighted by atomic mass is 10.2. The number of rotatable bonds is 5. The van der Waals surface area contributed by atoms with E-state index in [1.165, 1.54) is 0 Å². The summed E-state index contributed by atoms with van der Waals surface area (Å²) in [5.41, 5.74) is 2.92. The Labute approximate surface area is 117 Å². The third-order valence-corrected chi connectivity index (χ3v) is 3.18. The Bertz CT molecular complexity index is 547. The fraction of sp³-hybridized carbons (Fsp3) is 0.357. The smallest absolute Gasteiger partial charge is 0.138 e. The standard InChI is InChI=1S/C14H17ClN2O2/c1-4-18-14-6-5-11(7-13(14)15)16-8-12-9(2)17-19-10(12)3/h5-7,16H,4,8H2,1-3H3. The summed E-state index contributed by atoms with van der Waals surface area (Å²) in [6, 6.07) is 5.65. The molecule has 2 aromatic rings. The molecule has 0 fully saturated rings. The van der Waals surface area contributed by atoms with Crippen LogP contribution in [0.15, 0.2) is 22.7 Å². The highest BCUT2D eigenvalue weighted by Gasteiger charge is 2.09. The van der Waals surface area contributed by atoms with Crippen LogP contribution >= 0.6 is 11.6 Å². The Kier molecular flexibility index (Phi) is 4.32. The average molecular weight is 281 g/mol. The van der Waals surface area contributed by atoms with Gasteiger partial charge in [0, 0.05) is 17.8 Å². The number of nitrogens with one attached hydrogen (secondary N) is 1. The second kappa shape index (κ2) is 5.97. The zero-order valence-corrected chi connectivity index (χ0v) is 12.0. The molecule has 0 saturated carbocycles. The summed E-state index contributed by atoms with van der Waals surface area (Å²) in [7, 11) is 0. The van der Waals surface area contributed by atoms with Gasteiger partial charge in [-0.1, -0.05) is 16.8 Å². The van der Waals surface area contributed by atoms with E-state index >= 15 is 0 Å². The van der Waals surface area contributed by atoms with Gasteiger partial charge in [0.2, 0.25) is 0 Å². The first-order valence-electron chi connectivity index (χ1n) is 6.19. The van der Waals surface area contributed by atoms with Crippen molar-refractivity contribution in [1.82, 2.24) is 5.16 Å². The van der Waals surface area contributed by atoms with Crippen molar-refractivity contribution >= 4 is 17.3 Å². The lowest BCUT2D eigenvalue weighted by Crippen LogP contribution is -2.01. The molecule has 0 saturated heterocycles. The summed E-state index contributed by atoms with van der Waals surface area (Å²) < 4.78 is 10.5. The molecule has 2 rings (SSSR count). The van der Waals surface area contributed by atoms with Crippen molar-refractivity contribution < 1.29 is 9.26 Å². The molecule has 19 heavy (non-hydrogen) atoms. The van der Waals surface area contributed by atoms with E-state index in [0.29, 0.717) is 23.9 Å². The summed E-state index contributed by atoms with van der Waals surface area (Å²) in [5.74, 6) is 1.54. The summed E-state index contributed by atoms with van der Waals surface area (Å²) in [6.45, 7) is 7.03. The highest BCUT2D eigenvalue weighted by molar-refractivity contribution is 6.32. The van der Waals surface area contributed by atoms with Crippen LogP contribution in [0, 0.1) is 13.8 Å². The van der Waals surface area contributed by atoms with Gasteiger partial charge in [0.25, 0.3) is 0 Å². The van der Waals surface area contributed by atoms with Crippen molar-refractivity contribution in [2.24, 2.45) is 0 Å². The van der Waals surface area contributed by atoms with Gasteiger partial charge in [-0.15, -0.1) is 0 Å². The first-order valence-corrected chi connectivity index (χ1v) is 6.57. The van der Waals surface area contributed by atoms with Crippen molar-refractivity contribution in [3.63, 3.8) is 0 Å². The minimum absolute atomic E-state index is 0.602. The maximum Gasteiger partial charge on any atom is 0.138 e. The molecule has 0 aliphatic carbocycles. The van der Waals surface area contributed by atoms with Crippen molar-refractivity contribution in [1.29, 1.82) is 0 Å². The molecule has 0 radical (unpaired) electrons. The van der Waals surface area contributed by atoms with Crippen molar-refractivity contribution in [3.8, 4) is 5.75 Å². The van der Waals surface area contributed by atoms with Crippen LogP contribution in [0.5, 0.6) is 5.75 Å². The van der Waals surface area contributed by atoms with Gasteiger partial charge in [-0.2, -0.15) is 0 Å². The van der Waals surface area contributed by atoms with E-state index in [-0.39, 0.29) is 0 Å². The molecular formula is C14H17ClN2O2. The Morgan fingerprint density at radius 2 is 2.16 bits per heavy atom. The quantitative estimate of drug-likeness (QED) is 0.901. The Balaban J connectivity index is 2.06. The van der Waals surface area contributed by atoms with Crippen molar-refractivity contribution in [2.75, 3.05) is 11.9 Å². The van der Waals surface area contributed by atoms with Crippen molar-refractivity contribution in [3.05, 3.63) is 40.2 Å². The predicted molar refractivity (Wildman–Crippen MR) is 75.9 cm³/mol. The van der Waals surface area contributed by atoms with Gasteiger partial charge in [0.05, 0.1) is 17.3 Å². The molecule has 0 aliphatic rings. The van der Waals surface area contributed by atoms with Gasteiger partial charge < -0.3 is 14.6 Å². The number of nitrogens with zero attached hydrogens (tertiary/aromatic N) is 1. The number of halogens is 1. The maximum absolute atomic E-state index is 6.14. The molecule has 0 atom stereocenters. The van der Waals surface area contributed by atoms with Gasteiger partial charge in [0.15, 0.2) is 0 Å². The minimum atomic E-state index is 0.602. The third kappa shape index (κ3) is 3.20. The monoisotopic (exact) mass is 280 g/mol. The van der Waals surface area contributed by atoms with Crippen LogP contribution in [0.2, 0.25) is 5.02 Å². The van der Waals surface area contributed by atoms with Crippen LogP contribution in [0.25, 0.3) is 0 Å². The van der Waals surface area contributed by atoms with E-state index in [2.05, 4.69) is 10.5 Å². The van der Waals surface area contributed by atoms with E-state index in [0.717, 1.165) is 22.7 Å². The number of aromatic nitrogens is 1. The molecule has 0 aliphatic heterocycles. The molecule has 0 unspecified atom stereocenters. The highest BCUT2D eigenvalue weighted by Crippen LogP contribution is 2.28. The zero-order chi connectivity index (χ0) is 13.8. The maximum atomic E-state index is 6.14. The molecule has 1 N–H and O–H groups in total. The molecule has 0 bridgehead atoms. The van der Waals surface area contributed by atoms with E-state index in [4.69, 9.17) is 20.9 Å². The molecule has 5 heteroatoms. The Morgan fingerprint density at radius 3 is 2.74 bits per heavy atom. The molecule has 102 valence electrons. The number of aryl methyl sites for hydroxylation is 2. The van der Waals surface area contributed by atoms with Crippen LogP contribution in [0.3, 0.4) is 0 Å². The predicted octanol–water partition coefficient (Wildman–Crippen LogP) is 3.96. The Morgan fingerprint density at radius 1 is 1.37 bits per heavy atom. The fourth-order valence-corrected chi connectivity index (χ4v) is 2.06. The van der Waals surface area contributed by atoms with Crippen LogP contribution < -0.4 is 10.1 Å². The second-order valence-corrected chi connectivity index (χ2v) is 4.64. The van der Waals surface area contributed by atoms with E-state index in [9.17, 15) is 0 Å². The molecule has 0 spiro atoms. The normalized spacial score (nSPS) is 10.5. The summed E-state index contributed by atoms with van der Waals surface area (Å²) >= 11 is 6.14. The number of anilines is 1. The summed E-state index contributed by atoms with van der Waals surface area (Å²) in [5, 5.41) is 7.82.